The van der Waals surface area contributed by atoms with E-state index < -0.39 is 0 Å². The predicted octanol–water partition coefficient (Wildman–Crippen LogP) is 4.00. The molecule has 2 amide bonds. The zero-order chi connectivity index (χ0) is 24.0. The van der Waals surface area contributed by atoms with Crippen molar-refractivity contribution >= 4 is 50.0 Å². The van der Waals surface area contributed by atoms with Gasteiger partial charge in [0.1, 0.15) is 16.9 Å². The number of aromatic amines is 1. The summed E-state index contributed by atoms with van der Waals surface area (Å²) in [6.07, 6.45) is 1.42. The summed E-state index contributed by atoms with van der Waals surface area (Å²) in [4.78, 5) is 49.0. The smallest absolute Gasteiger partial charge is 0.409 e. The molecule has 0 saturated carbocycles. The van der Waals surface area contributed by atoms with E-state index in [9.17, 15) is 14.4 Å². The summed E-state index contributed by atoms with van der Waals surface area (Å²) in [6.45, 7) is 6.03. The molecule has 9 nitrogen and oxygen atoms in total. The van der Waals surface area contributed by atoms with Crippen molar-refractivity contribution in [2.75, 3.05) is 26.2 Å². The summed E-state index contributed by atoms with van der Waals surface area (Å²) in [5.41, 5.74) is 0.950. The van der Waals surface area contributed by atoms with Crippen molar-refractivity contribution in [1.82, 2.24) is 19.8 Å². The summed E-state index contributed by atoms with van der Waals surface area (Å²) in [6, 6.07) is 5.59. The van der Waals surface area contributed by atoms with E-state index in [4.69, 9.17) is 14.1 Å². The summed E-state index contributed by atoms with van der Waals surface area (Å²) in [5.74, 6) is 0.649. The Balaban J connectivity index is 1.30. The van der Waals surface area contributed by atoms with Gasteiger partial charge in [-0.3, -0.25) is 9.59 Å². The van der Waals surface area contributed by atoms with Crippen molar-refractivity contribution in [3.8, 4) is 0 Å². The average Bonchev–Trinajstić information content (AvgIpc) is 3.38. The molecule has 2 aliphatic rings. The van der Waals surface area contributed by atoms with Gasteiger partial charge in [-0.15, -0.1) is 0 Å². The number of fused-ring (bicyclic) bond motifs is 3. The van der Waals surface area contributed by atoms with Crippen LogP contribution in [0.3, 0.4) is 0 Å². The number of benzene rings is 1. The maximum absolute atomic E-state index is 12.9. The first kappa shape index (κ1) is 22.9. The molecule has 2 fully saturated rings. The third kappa shape index (κ3) is 4.31. The number of halogens is 1. The second-order valence-corrected chi connectivity index (χ2v) is 10.4. The number of rotatable bonds is 4. The number of nitrogens with zero attached hydrogens (tertiary/aromatic N) is 3. The molecule has 0 radical (unpaired) electrons. The number of piperidine rings is 1. The van der Waals surface area contributed by atoms with Crippen molar-refractivity contribution in [2.45, 2.75) is 45.1 Å². The molecule has 1 aromatic carbocycles. The molecule has 3 aromatic rings. The molecule has 2 aliphatic heterocycles. The Morgan fingerprint density at radius 2 is 2.06 bits per heavy atom. The van der Waals surface area contributed by atoms with Crippen LogP contribution in [0.4, 0.5) is 4.79 Å². The largest absolute Gasteiger partial charge is 0.449 e. The van der Waals surface area contributed by atoms with Crippen LogP contribution in [0.1, 0.15) is 44.9 Å². The highest BCUT2D eigenvalue weighted by atomic mass is 79.9. The van der Waals surface area contributed by atoms with Gasteiger partial charge >= 0.3 is 6.09 Å². The Morgan fingerprint density at radius 3 is 2.79 bits per heavy atom. The summed E-state index contributed by atoms with van der Waals surface area (Å²) in [5, 5.41) is 0.759. The lowest BCUT2D eigenvalue weighted by molar-refractivity contribution is -0.130. The zero-order valence-electron chi connectivity index (χ0n) is 19.2. The SMILES string of the molecule is CC(C)COC(=O)N1CCC(N2CC(c3nc4c(oc5ccc(Br)cc54)c(=O)[nH]3)CC2=O)CC1. The van der Waals surface area contributed by atoms with Crippen molar-refractivity contribution in [3.63, 3.8) is 0 Å². The quantitative estimate of drug-likeness (QED) is 0.545. The van der Waals surface area contributed by atoms with E-state index in [-0.39, 0.29) is 35.1 Å². The first-order valence-electron chi connectivity index (χ1n) is 11.6. The normalized spacial score (nSPS) is 19.6. The lowest BCUT2D eigenvalue weighted by Crippen LogP contribution is -2.47. The fraction of sp³-hybridized carbons (Fsp3) is 0.500. The van der Waals surface area contributed by atoms with E-state index in [1.54, 1.807) is 11.0 Å². The number of carbonyl (C=O) groups excluding carboxylic acids is 2. The summed E-state index contributed by atoms with van der Waals surface area (Å²) in [7, 11) is 0. The van der Waals surface area contributed by atoms with Crippen molar-refractivity contribution in [2.24, 2.45) is 5.92 Å². The highest BCUT2D eigenvalue weighted by Gasteiger charge is 2.38. The number of H-pyrrole nitrogens is 1. The number of nitrogens with one attached hydrogen (secondary N) is 1. The van der Waals surface area contributed by atoms with E-state index in [1.807, 2.05) is 30.9 Å². The van der Waals surface area contributed by atoms with Gasteiger partial charge in [-0.25, -0.2) is 9.78 Å². The van der Waals surface area contributed by atoms with Crippen molar-refractivity contribution in [1.29, 1.82) is 0 Å². The standard InChI is InChI=1S/C24H27BrN4O5/c1-13(2)12-33-24(32)28-7-5-16(6-8-28)29-11-14(9-19(29)30)22-26-20-17-10-15(25)3-4-18(17)34-21(20)23(31)27-22/h3-4,10,13-14,16H,5-9,11-12H2,1-2H3,(H,26,27,31). The third-order valence-corrected chi connectivity index (χ3v) is 7.05. The van der Waals surface area contributed by atoms with Gasteiger partial charge in [-0.05, 0) is 37.0 Å². The molecular formula is C24H27BrN4O5. The molecule has 10 heteroatoms. The highest BCUT2D eigenvalue weighted by Crippen LogP contribution is 2.33. The monoisotopic (exact) mass is 530 g/mol. The van der Waals surface area contributed by atoms with E-state index >= 15 is 0 Å². The van der Waals surface area contributed by atoms with Crippen LogP contribution in [0.15, 0.2) is 31.9 Å². The Kier molecular flexibility index (Phi) is 6.09. The first-order valence-corrected chi connectivity index (χ1v) is 12.4. The number of aromatic nitrogens is 2. The molecule has 5 rings (SSSR count). The van der Waals surface area contributed by atoms with E-state index in [0.29, 0.717) is 68.3 Å². The second-order valence-electron chi connectivity index (χ2n) is 9.51. The molecular weight excluding hydrogens is 504 g/mol. The van der Waals surface area contributed by atoms with Gasteiger partial charge in [-0.1, -0.05) is 29.8 Å². The van der Waals surface area contributed by atoms with E-state index in [2.05, 4.69) is 20.9 Å². The van der Waals surface area contributed by atoms with Crippen LogP contribution in [-0.2, 0) is 9.53 Å². The molecule has 0 spiro atoms. The Bertz CT molecular complexity index is 1310. The predicted molar refractivity (Wildman–Crippen MR) is 130 cm³/mol. The minimum Gasteiger partial charge on any atom is -0.449 e. The Morgan fingerprint density at radius 1 is 1.29 bits per heavy atom. The molecule has 4 heterocycles. The van der Waals surface area contributed by atoms with Crippen molar-refractivity contribution in [3.05, 3.63) is 38.9 Å². The number of amides is 2. The number of ether oxygens (including phenoxy) is 1. The topological polar surface area (TPSA) is 109 Å². The number of hydrogen-bond acceptors (Lipinski definition) is 6. The van der Waals surface area contributed by atoms with Crippen LogP contribution >= 0.6 is 15.9 Å². The fourth-order valence-electron chi connectivity index (χ4n) is 4.79. The van der Waals surface area contributed by atoms with Gasteiger partial charge in [0.25, 0.3) is 5.56 Å². The zero-order valence-corrected chi connectivity index (χ0v) is 20.8. The molecule has 2 aromatic heterocycles. The molecule has 2 saturated heterocycles. The molecule has 180 valence electrons. The van der Waals surface area contributed by atoms with Crippen LogP contribution in [0.5, 0.6) is 0 Å². The summed E-state index contributed by atoms with van der Waals surface area (Å²) >= 11 is 3.45. The maximum Gasteiger partial charge on any atom is 0.409 e. The first-order chi connectivity index (χ1) is 16.3. The van der Waals surface area contributed by atoms with Gasteiger partial charge in [-0.2, -0.15) is 0 Å². The third-order valence-electron chi connectivity index (χ3n) is 6.55. The lowest BCUT2D eigenvalue weighted by Gasteiger charge is -2.36. The van der Waals surface area contributed by atoms with Gasteiger partial charge < -0.3 is 23.9 Å². The van der Waals surface area contributed by atoms with Crippen LogP contribution in [0, 0.1) is 5.92 Å². The van der Waals surface area contributed by atoms with E-state index in [1.165, 1.54) is 0 Å². The van der Waals surface area contributed by atoms with Gasteiger partial charge in [0.15, 0.2) is 0 Å². The van der Waals surface area contributed by atoms with Crippen LogP contribution < -0.4 is 5.56 Å². The number of carbonyl (C=O) groups is 2. The minimum absolute atomic E-state index is 0.0494. The molecule has 1 unspecified atom stereocenters. The second kappa shape index (κ2) is 9.05. The van der Waals surface area contributed by atoms with Gasteiger partial charge in [0, 0.05) is 47.9 Å². The van der Waals surface area contributed by atoms with Crippen LogP contribution in [0.2, 0.25) is 0 Å². The molecule has 1 atom stereocenters. The molecule has 1 N–H and O–H groups in total. The maximum atomic E-state index is 12.9. The molecule has 0 bridgehead atoms. The van der Waals surface area contributed by atoms with Crippen LogP contribution in [-0.4, -0.2) is 64.1 Å². The number of furan rings is 1. The number of hydrogen-bond donors (Lipinski definition) is 1. The summed E-state index contributed by atoms with van der Waals surface area (Å²) < 4.78 is 11.9. The lowest BCUT2D eigenvalue weighted by atomic mass is 10.0. The fourth-order valence-corrected chi connectivity index (χ4v) is 5.15. The average molecular weight is 531 g/mol. The Labute approximate surface area is 204 Å². The van der Waals surface area contributed by atoms with Gasteiger partial charge in [0.2, 0.25) is 11.5 Å². The number of likely N-dealkylation sites (tertiary alicyclic amines) is 2. The van der Waals surface area contributed by atoms with E-state index in [0.717, 1.165) is 9.86 Å². The van der Waals surface area contributed by atoms with Crippen molar-refractivity contribution < 1.29 is 18.7 Å². The molecule has 34 heavy (non-hydrogen) atoms. The molecule has 0 aliphatic carbocycles. The van der Waals surface area contributed by atoms with Crippen LogP contribution in [0.25, 0.3) is 22.1 Å². The van der Waals surface area contributed by atoms with Gasteiger partial charge in [0.05, 0.1) is 6.61 Å². The Hall–Kier alpha value is -2.88. The highest BCUT2D eigenvalue weighted by molar-refractivity contribution is 9.10. The minimum atomic E-state index is -0.341.